The minimum absolute atomic E-state index is 0.0176. The van der Waals surface area contributed by atoms with Crippen LogP contribution in [0.2, 0.25) is 0 Å². The molecule has 2 aliphatic carbocycles. The number of rotatable bonds is 7. The van der Waals surface area contributed by atoms with E-state index in [-0.39, 0.29) is 31.2 Å². The summed E-state index contributed by atoms with van der Waals surface area (Å²) < 4.78 is 46.4. The zero-order chi connectivity index (χ0) is 40.9. The number of ether oxygens (including phenoxy) is 3. The standard InChI is InChI=1S/C41H56N6O9S/c1-7-25-20-24(2)10-8-9-11-26-22-41(26,38(50)45-57(52,53)28-12-13-28)44-35(48)32-21-27(23-47(32)37(49)33(25)43-39(51)56-40(3,4)5)55-36-30-14-15-31-34(29(30)16-17-42-36)54-19-18-46(31)6/h9,11,14-17,24-28,32-33H,7-8,10,12-13,18-23H2,1-6H3,(H,43,51)(H,44,48)(H,45,50)/b11-9-/t24-,25+,26+,27+,32-,33-,41+/m0/s1. The SMILES string of the molecule is CC[C@@H]1C[C@@H](C)CC/C=C\[C@@H]2C[C@@]2(C(=O)NS(=O)(=O)C2CC2)NC(=O)[C@@H]2C[C@@H](Oc3nccc4c5c(ccc34)N(C)CCO5)CN2C(=O)[C@H]1NC(=O)OC(C)(C)C. The molecule has 1 aromatic carbocycles. The Hall–Kier alpha value is -4.60. The van der Waals surface area contributed by atoms with Crippen molar-refractivity contribution in [3.05, 3.63) is 36.5 Å². The number of likely N-dealkylation sites (N-methyl/N-ethyl adjacent to an activating group) is 1. The number of fused-ring (bicyclic) bond motifs is 5. The molecule has 4 heterocycles. The van der Waals surface area contributed by atoms with Gasteiger partial charge in [-0.25, -0.2) is 18.2 Å². The van der Waals surface area contributed by atoms with Crippen molar-refractivity contribution in [3.63, 3.8) is 0 Å². The minimum atomic E-state index is -3.91. The van der Waals surface area contributed by atoms with Crippen LogP contribution in [-0.2, 0) is 29.1 Å². The summed E-state index contributed by atoms with van der Waals surface area (Å²) in [6.07, 6.45) is 7.88. The van der Waals surface area contributed by atoms with Crippen molar-refractivity contribution in [3.8, 4) is 11.6 Å². The number of alkyl carbamates (subject to hydrolysis) is 1. The number of amides is 4. The second-order valence-electron chi connectivity index (χ2n) is 17.5. The largest absolute Gasteiger partial charge is 0.489 e. The normalized spacial score (nSPS) is 30.0. The Labute approximate surface area is 334 Å². The predicted octanol–water partition coefficient (Wildman–Crippen LogP) is 4.19. The molecule has 4 amide bonds. The molecule has 5 aliphatic rings. The van der Waals surface area contributed by atoms with Crippen LogP contribution in [0, 0.1) is 17.8 Å². The topological polar surface area (TPSA) is 186 Å². The van der Waals surface area contributed by atoms with Crippen molar-refractivity contribution < 1.29 is 41.8 Å². The minimum Gasteiger partial charge on any atom is -0.489 e. The molecule has 3 N–H and O–H groups in total. The highest BCUT2D eigenvalue weighted by atomic mass is 32.2. The first-order valence-corrected chi connectivity index (χ1v) is 21.8. The predicted molar refractivity (Wildman–Crippen MR) is 213 cm³/mol. The fourth-order valence-electron chi connectivity index (χ4n) is 8.45. The van der Waals surface area contributed by atoms with Gasteiger partial charge in [-0.05, 0) is 89.3 Å². The van der Waals surface area contributed by atoms with Gasteiger partial charge in [-0.15, -0.1) is 0 Å². The number of anilines is 1. The van der Waals surface area contributed by atoms with Gasteiger partial charge in [0.1, 0.15) is 35.9 Å². The zero-order valence-corrected chi connectivity index (χ0v) is 34.5. The Morgan fingerprint density at radius 2 is 1.88 bits per heavy atom. The lowest BCUT2D eigenvalue weighted by Crippen LogP contribution is -2.59. The number of hydrogen-bond acceptors (Lipinski definition) is 11. The van der Waals surface area contributed by atoms with Gasteiger partial charge in [-0.2, -0.15) is 0 Å². The molecule has 2 saturated carbocycles. The monoisotopic (exact) mass is 808 g/mol. The van der Waals surface area contributed by atoms with E-state index in [2.05, 4.69) is 32.2 Å². The number of sulfonamides is 1. The van der Waals surface area contributed by atoms with E-state index in [1.807, 2.05) is 44.3 Å². The molecular formula is C41H56N6O9S. The molecule has 3 aliphatic heterocycles. The van der Waals surface area contributed by atoms with Crippen LogP contribution in [0.15, 0.2) is 36.5 Å². The highest BCUT2D eigenvalue weighted by Crippen LogP contribution is 2.46. The number of carbonyl (C=O) groups is 4. The zero-order valence-electron chi connectivity index (χ0n) is 33.7. The third-order valence-electron chi connectivity index (χ3n) is 11.8. The number of nitrogens with zero attached hydrogens (tertiary/aromatic N) is 3. The highest BCUT2D eigenvalue weighted by Gasteiger charge is 2.62. The number of benzene rings is 1. The molecule has 0 radical (unpaired) electrons. The van der Waals surface area contributed by atoms with E-state index in [9.17, 15) is 27.6 Å². The quantitative estimate of drug-likeness (QED) is 0.341. The Kier molecular flexibility index (Phi) is 11.1. The lowest BCUT2D eigenvalue weighted by Gasteiger charge is -2.34. The van der Waals surface area contributed by atoms with Crippen molar-refractivity contribution in [2.75, 3.05) is 31.6 Å². The van der Waals surface area contributed by atoms with Gasteiger partial charge in [0.2, 0.25) is 27.7 Å². The molecule has 7 rings (SSSR count). The molecule has 0 unspecified atom stereocenters. The van der Waals surface area contributed by atoms with Crippen molar-refractivity contribution in [1.82, 2.24) is 25.2 Å². The van der Waals surface area contributed by atoms with Crippen LogP contribution in [0.4, 0.5) is 10.5 Å². The number of allylic oxidation sites excluding steroid dienone is 1. The summed E-state index contributed by atoms with van der Waals surface area (Å²) in [7, 11) is -1.90. The molecule has 1 saturated heterocycles. The smallest absolute Gasteiger partial charge is 0.408 e. The Morgan fingerprint density at radius 1 is 1.11 bits per heavy atom. The summed E-state index contributed by atoms with van der Waals surface area (Å²) >= 11 is 0. The van der Waals surface area contributed by atoms with Crippen molar-refractivity contribution in [2.45, 2.75) is 121 Å². The van der Waals surface area contributed by atoms with Gasteiger partial charge in [-0.1, -0.05) is 32.4 Å². The molecule has 7 atom stereocenters. The van der Waals surface area contributed by atoms with Gasteiger partial charge in [0.15, 0.2) is 5.75 Å². The van der Waals surface area contributed by atoms with Gasteiger partial charge in [0.05, 0.1) is 24.0 Å². The summed E-state index contributed by atoms with van der Waals surface area (Å²) in [6.45, 7) is 10.6. The molecule has 16 heteroatoms. The van der Waals surface area contributed by atoms with Gasteiger partial charge < -0.3 is 34.6 Å². The molecule has 2 aromatic rings. The maximum atomic E-state index is 15.0. The van der Waals surface area contributed by atoms with E-state index in [4.69, 9.17) is 14.2 Å². The Bertz CT molecular complexity index is 2050. The molecule has 310 valence electrons. The summed E-state index contributed by atoms with van der Waals surface area (Å²) in [6, 6.07) is 3.57. The van der Waals surface area contributed by atoms with E-state index in [1.165, 1.54) is 4.90 Å². The van der Waals surface area contributed by atoms with Crippen LogP contribution in [0.25, 0.3) is 10.8 Å². The maximum Gasteiger partial charge on any atom is 0.408 e. The third-order valence-corrected chi connectivity index (χ3v) is 13.7. The molecule has 0 spiro atoms. The average Bonchev–Trinajstić information content (AvgIpc) is 4.07. The van der Waals surface area contributed by atoms with Crippen LogP contribution in [0.1, 0.15) is 86.0 Å². The van der Waals surface area contributed by atoms with E-state index >= 15 is 0 Å². The summed E-state index contributed by atoms with van der Waals surface area (Å²) in [5, 5.41) is 6.68. The molecule has 3 fully saturated rings. The molecule has 15 nitrogen and oxygen atoms in total. The first-order chi connectivity index (χ1) is 27.0. The highest BCUT2D eigenvalue weighted by molar-refractivity contribution is 7.91. The van der Waals surface area contributed by atoms with Crippen LogP contribution in [0.3, 0.4) is 0 Å². The summed E-state index contributed by atoms with van der Waals surface area (Å²) in [4.78, 5) is 64.9. The maximum absolute atomic E-state index is 15.0. The van der Waals surface area contributed by atoms with E-state index in [1.54, 1.807) is 27.0 Å². The van der Waals surface area contributed by atoms with Gasteiger partial charge >= 0.3 is 6.09 Å². The summed E-state index contributed by atoms with van der Waals surface area (Å²) in [5.41, 5.74) is -1.39. The number of hydrogen-bond donors (Lipinski definition) is 3. The second kappa shape index (κ2) is 15.6. The van der Waals surface area contributed by atoms with E-state index in [0.29, 0.717) is 50.0 Å². The number of pyridine rings is 1. The first kappa shape index (κ1) is 40.6. The molecular weight excluding hydrogens is 753 g/mol. The Balaban J connectivity index is 1.24. The number of carbonyl (C=O) groups excluding carboxylic acids is 4. The molecule has 1 aromatic heterocycles. The van der Waals surface area contributed by atoms with E-state index in [0.717, 1.165) is 29.8 Å². The number of aromatic nitrogens is 1. The molecule has 0 bridgehead atoms. The molecule has 57 heavy (non-hydrogen) atoms. The second-order valence-corrected chi connectivity index (χ2v) is 19.4. The number of nitrogens with one attached hydrogen (secondary N) is 3. The van der Waals surface area contributed by atoms with Crippen molar-refractivity contribution in [2.24, 2.45) is 17.8 Å². The van der Waals surface area contributed by atoms with Crippen LogP contribution < -0.4 is 29.7 Å². The van der Waals surface area contributed by atoms with Crippen LogP contribution >= 0.6 is 0 Å². The fraction of sp³-hybridized carbons (Fsp3) is 0.634. The van der Waals surface area contributed by atoms with Crippen LogP contribution in [0.5, 0.6) is 11.6 Å². The Morgan fingerprint density at radius 3 is 2.60 bits per heavy atom. The van der Waals surface area contributed by atoms with E-state index < -0.39 is 74.3 Å². The first-order valence-electron chi connectivity index (χ1n) is 20.3. The fourth-order valence-corrected chi connectivity index (χ4v) is 9.81. The lowest BCUT2D eigenvalue weighted by atomic mass is 9.85. The van der Waals surface area contributed by atoms with Crippen molar-refractivity contribution in [1.29, 1.82) is 0 Å². The average molecular weight is 809 g/mol. The van der Waals surface area contributed by atoms with Gasteiger partial charge in [0, 0.05) is 36.4 Å². The van der Waals surface area contributed by atoms with Crippen molar-refractivity contribution >= 4 is 50.3 Å². The summed E-state index contributed by atoms with van der Waals surface area (Å²) in [5.74, 6) is -1.42. The van der Waals surface area contributed by atoms with Gasteiger partial charge in [0.25, 0.3) is 5.91 Å². The van der Waals surface area contributed by atoms with Gasteiger partial charge in [-0.3, -0.25) is 19.1 Å². The lowest BCUT2D eigenvalue weighted by molar-refractivity contribution is -0.142. The third kappa shape index (κ3) is 8.65. The van der Waals surface area contributed by atoms with Crippen LogP contribution in [-0.4, -0.2) is 103 Å².